The lowest BCUT2D eigenvalue weighted by atomic mass is 9.89. The van der Waals surface area contributed by atoms with Crippen molar-refractivity contribution < 1.29 is 13.2 Å². The quantitative estimate of drug-likeness (QED) is 0.703. The zero-order chi connectivity index (χ0) is 16.2. The molecular weight excluding hydrogens is 300 g/mol. The van der Waals surface area contributed by atoms with E-state index in [4.69, 9.17) is 4.74 Å². The molecule has 1 aliphatic carbocycles. The molecule has 1 saturated carbocycles. The molecule has 0 aromatic rings. The van der Waals surface area contributed by atoms with Crippen molar-refractivity contribution in [1.29, 1.82) is 0 Å². The summed E-state index contributed by atoms with van der Waals surface area (Å²) in [7, 11) is -3.44. The molecule has 0 aromatic carbocycles. The molecule has 6 heteroatoms. The minimum absolute atomic E-state index is 0.0567. The van der Waals surface area contributed by atoms with Crippen LogP contribution in [0.4, 0.5) is 0 Å². The Morgan fingerprint density at radius 3 is 2.32 bits per heavy atom. The molecule has 1 heterocycles. The van der Waals surface area contributed by atoms with Crippen LogP contribution in [0, 0.1) is 5.92 Å². The van der Waals surface area contributed by atoms with E-state index in [9.17, 15) is 8.42 Å². The maximum absolute atomic E-state index is 13.0. The lowest BCUT2D eigenvalue weighted by molar-refractivity contribution is -0.0455. The van der Waals surface area contributed by atoms with E-state index in [0.717, 1.165) is 12.8 Å². The molecule has 2 aliphatic rings. The van der Waals surface area contributed by atoms with Gasteiger partial charge >= 0.3 is 0 Å². The predicted molar refractivity (Wildman–Crippen MR) is 88.8 cm³/mol. The second kappa shape index (κ2) is 7.90. The zero-order valence-electron chi connectivity index (χ0n) is 13.9. The van der Waals surface area contributed by atoms with Gasteiger partial charge in [-0.1, -0.05) is 25.3 Å². The van der Waals surface area contributed by atoms with Crippen LogP contribution in [0.2, 0.25) is 0 Å². The molecular formula is C16H30N2O3S. The smallest absolute Gasteiger partial charge is 0.282 e. The number of nitrogens with zero attached hydrogens (tertiary/aromatic N) is 2. The first-order valence-corrected chi connectivity index (χ1v) is 9.84. The Morgan fingerprint density at radius 2 is 1.77 bits per heavy atom. The van der Waals surface area contributed by atoms with Crippen LogP contribution in [0.5, 0.6) is 0 Å². The van der Waals surface area contributed by atoms with Crippen LogP contribution in [-0.2, 0) is 14.9 Å². The first kappa shape index (κ1) is 17.9. The number of hydrogen-bond donors (Lipinski definition) is 0. The van der Waals surface area contributed by atoms with E-state index >= 15 is 0 Å². The summed E-state index contributed by atoms with van der Waals surface area (Å²) in [5, 5.41) is 0. The lowest BCUT2D eigenvalue weighted by Crippen LogP contribution is -2.53. The monoisotopic (exact) mass is 330 g/mol. The summed E-state index contributed by atoms with van der Waals surface area (Å²) in [5.74, 6) is 0.486. The van der Waals surface area contributed by atoms with Gasteiger partial charge in [0.2, 0.25) is 0 Å². The summed E-state index contributed by atoms with van der Waals surface area (Å²) < 4.78 is 34.8. The molecule has 0 aromatic heterocycles. The van der Waals surface area contributed by atoms with Gasteiger partial charge < -0.3 is 4.74 Å². The van der Waals surface area contributed by atoms with Crippen LogP contribution in [0.15, 0.2) is 12.7 Å². The first-order chi connectivity index (χ1) is 10.4. The van der Waals surface area contributed by atoms with Gasteiger partial charge in [0, 0.05) is 26.2 Å². The molecule has 2 rings (SSSR count). The third kappa shape index (κ3) is 4.54. The second-order valence-electron chi connectivity index (χ2n) is 6.69. The van der Waals surface area contributed by atoms with Gasteiger partial charge in [-0.05, 0) is 32.6 Å². The number of ether oxygens (including phenoxy) is 1. The lowest BCUT2D eigenvalue weighted by Gasteiger charge is -2.38. The second-order valence-corrected chi connectivity index (χ2v) is 8.62. The fourth-order valence-electron chi connectivity index (χ4n) is 3.55. The fraction of sp³-hybridized carbons (Fsp3) is 0.875. The van der Waals surface area contributed by atoms with Gasteiger partial charge in [-0.15, -0.1) is 6.58 Å². The van der Waals surface area contributed by atoms with E-state index in [-0.39, 0.29) is 12.2 Å². The Kier molecular flexibility index (Phi) is 6.44. The van der Waals surface area contributed by atoms with E-state index < -0.39 is 10.2 Å². The maximum atomic E-state index is 13.0. The fourth-order valence-corrected chi connectivity index (χ4v) is 5.36. The number of hydrogen-bond acceptors (Lipinski definition) is 3. The Hall–Kier alpha value is -0.430. The van der Waals surface area contributed by atoms with Gasteiger partial charge in [-0.25, -0.2) is 0 Å². The molecule has 2 fully saturated rings. The predicted octanol–water partition coefficient (Wildman–Crippen LogP) is 2.41. The van der Waals surface area contributed by atoms with Crippen LogP contribution in [-0.4, -0.2) is 55.4 Å². The molecule has 0 spiro atoms. The highest BCUT2D eigenvalue weighted by Crippen LogP contribution is 2.26. The molecule has 0 radical (unpaired) electrons. The minimum atomic E-state index is -3.44. The van der Waals surface area contributed by atoms with E-state index in [1.54, 1.807) is 14.7 Å². The first-order valence-electron chi connectivity index (χ1n) is 8.45. The molecule has 5 nitrogen and oxygen atoms in total. The van der Waals surface area contributed by atoms with Crippen molar-refractivity contribution in [2.24, 2.45) is 5.92 Å². The highest BCUT2D eigenvalue weighted by atomic mass is 32.2. The van der Waals surface area contributed by atoms with Crippen LogP contribution in [0.1, 0.15) is 46.0 Å². The van der Waals surface area contributed by atoms with Crippen LogP contribution < -0.4 is 0 Å². The molecule has 0 bridgehead atoms. The van der Waals surface area contributed by atoms with Crippen LogP contribution in [0.3, 0.4) is 0 Å². The Labute approximate surface area is 135 Å². The van der Waals surface area contributed by atoms with Crippen molar-refractivity contribution in [2.45, 2.75) is 58.2 Å². The highest BCUT2D eigenvalue weighted by Gasteiger charge is 2.35. The van der Waals surface area contributed by atoms with Gasteiger partial charge in [-0.3, -0.25) is 0 Å². The van der Waals surface area contributed by atoms with Gasteiger partial charge in [-0.2, -0.15) is 17.0 Å². The summed E-state index contributed by atoms with van der Waals surface area (Å²) in [6.45, 7) is 9.47. The third-order valence-corrected chi connectivity index (χ3v) is 6.46. The highest BCUT2D eigenvalue weighted by molar-refractivity contribution is 7.86. The molecule has 0 unspecified atom stereocenters. The average molecular weight is 330 g/mol. The van der Waals surface area contributed by atoms with Crippen molar-refractivity contribution in [3.8, 4) is 0 Å². The van der Waals surface area contributed by atoms with Gasteiger partial charge in [0.25, 0.3) is 10.2 Å². The van der Waals surface area contributed by atoms with Gasteiger partial charge in [0.05, 0.1) is 12.2 Å². The maximum Gasteiger partial charge on any atom is 0.282 e. The van der Waals surface area contributed by atoms with Crippen molar-refractivity contribution in [3.05, 3.63) is 12.7 Å². The van der Waals surface area contributed by atoms with E-state index in [0.29, 0.717) is 32.1 Å². The van der Waals surface area contributed by atoms with Crippen molar-refractivity contribution in [2.75, 3.05) is 26.2 Å². The van der Waals surface area contributed by atoms with Crippen molar-refractivity contribution in [3.63, 3.8) is 0 Å². The summed E-state index contributed by atoms with van der Waals surface area (Å²) in [6, 6.07) is 0. The molecule has 1 saturated heterocycles. The summed E-state index contributed by atoms with van der Waals surface area (Å²) in [6.07, 6.45) is 7.57. The Balaban J connectivity index is 2.08. The van der Waals surface area contributed by atoms with Crippen LogP contribution in [0.25, 0.3) is 0 Å². The summed E-state index contributed by atoms with van der Waals surface area (Å²) >= 11 is 0. The van der Waals surface area contributed by atoms with E-state index in [1.807, 2.05) is 13.8 Å². The van der Waals surface area contributed by atoms with E-state index in [2.05, 4.69) is 6.58 Å². The normalized spacial score (nSPS) is 28.9. The summed E-state index contributed by atoms with van der Waals surface area (Å²) in [4.78, 5) is 0. The molecule has 1 aliphatic heterocycles. The average Bonchev–Trinajstić information content (AvgIpc) is 2.47. The number of morpholine rings is 1. The molecule has 0 amide bonds. The molecule has 0 N–H and O–H groups in total. The van der Waals surface area contributed by atoms with E-state index in [1.165, 1.54) is 19.3 Å². The number of rotatable bonds is 6. The third-order valence-electron chi connectivity index (χ3n) is 4.56. The topological polar surface area (TPSA) is 49.9 Å². The molecule has 128 valence electrons. The van der Waals surface area contributed by atoms with Crippen molar-refractivity contribution in [1.82, 2.24) is 8.61 Å². The largest absolute Gasteiger partial charge is 0.373 e. The summed E-state index contributed by atoms with van der Waals surface area (Å²) in [5.41, 5.74) is 0. The zero-order valence-corrected chi connectivity index (χ0v) is 14.7. The Bertz CT molecular complexity index is 450. The van der Waals surface area contributed by atoms with Gasteiger partial charge in [0.1, 0.15) is 0 Å². The molecule has 22 heavy (non-hydrogen) atoms. The van der Waals surface area contributed by atoms with Crippen LogP contribution >= 0.6 is 0 Å². The minimum Gasteiger partial charge on any atom is -0.373 e. The Morgan fingerprint density at radius 1 is 1.18 bits per heavy atom. The molecule has 2 atom stereocenters. The van der Waals surface area contributed by atoms with Crippen molar-refractivity contribution >= 4 is 10.2 Å². The standard InChI is InChI=1S/C16H30N2O3S/c1-4-10-17(13-16-8-6-5-7-9-16)22(19,20)18-11-14(2)21-15(3)12-18/h4,14-16H,1,5-13H2,2-3H3/t14-,15+. The SMILES string of the molecule is C=CCN(CC1CCCCC1)S(=O)(=O)N1C[C@@H](C)O[C@@H](C)C1. The van der Waals surface area contributed by atoms with Gasteiger partial charge in [0.15, 0.2) is 0 Å².